The first-order valence-electron chi connectivity index (χ1n) is 6.54. The van der Waals surface area contributed by atoms with E-state index in [2.05, 4.69) is 5.32 Å². The standard InChI is InChI=1S/C12H25NO5S2/c1-4-19-12(20-5-2)9(13-7(3)15)11(18)10(17)8(16)6-14/h8-12,14,16-18H,4-6H2,1-3H3,(H,13,15)/t8-,9+,10-,11+/m1/s1. The fourth-order valence-electron chi connectivity index (χ4n) is 1.68. The number of nitrogens with one attached hydrogen (secondary N) is 1. The van der Waals surface area contributed by atoms with Crippen molar-refractivity contribution in [3.05, 3.63) is 0 Å². The minimum Gasteiger partial charge on any atom is -0.394 e. The van der Waals surface area contributed by atoms with Gasteiger partial charge in [0.2, 0.25) is 5.91 Å². The van der Waals surface area contributed by atoms with Gasteiger partial charge in [-0.25, -0.2) is 0 Å². The molecule has 8 heteroatoms. The van der Waals surface area contributed by atoms with Gasteiger partial charge in [-0.1, -0.05) is 13.8 Å². The molecule has 0 aromatic rings. The number of hydrogen-bond donors (Lipinski definition) is 5. The lowest BCUT2D eigenvalue weighted by molar-refractivity contribution is -0.123. The molecule has 0 bridgehead atoms. The van der Waals surface area contributed by atoms with E-state index in [9.17, 15) is 20.1 Å². The Kier molecular flexibility index (Phi) is 10.7. The van der Waals surface area contributed by atoms with Gasteiger partial charge in [0.25, 0.3) is 0 Å². The molecule has 0 aliphatic heterocycles. The average Bonchev–Trinajstić information content (AvgIpc) is 2.42. The van der Waals surface area contributed by atoms with Gasteiger partial charge in [-0.05, 0) is 11.5 Å². The van der Waals surface area contributed by atoms with Crippen LogP contribution in [0.15, 0.2) is 0 Å². The van der Waals surface area contributed by atoms with Crippen molar-refractivity contribution in [3.8, 4) is 0 Å². The second-order valence-corrected chi connectivity index (χ2v) is 7.37. The summed E-state index contributed by atoms with van der Waals surface area (Å²) >= 11 is 3.10. The zero-order chi connectivity index (χ0) is 15.7. The zero-order valence-electron chi connectivity index (χ0n) is 12.0. The summed E-state index contributed by atoms with van der Waals surface area (Å²) in [6.07, 6.45) is -4.32. The number of aliphatic hydroxyl groups excluding tert-OH is 4. The Labute approximate surface area is 128 Å². The highest BCUT2D eigenvalue weighted by Gasteiger charge is 2.36. The largest absolute Gasteiger partial charge is 0.394 e. The van der Waals surface area contributed by atoms with Crippen LogP contribution in [-0.4, -0.2) is 73.4 Å². The van der Waals surface area contributed by atoms with Gasteiger partial charge in [0.15, 0.2) is 0 Å². The molecule has 0 saturated carbocycles. The molecule has 0 heterocycles. The molecule has 1 amide bonds. The fraction of sp³-hybridized carbons (Fsp3) is 0.917. The van der Waals surface area contributed by atoms with E-state index in [0.29, 0.717) is 0 Å². The summed E-state index contributed by atoms with van der Waals surface area (Å²) < 4.78 is -0.149. The van der Waals surface area contributed by atoms with Gasteiger partial charge in [-0.3, -0.25) is 4.79 Å². The molecular weight excluding hydrogens is 302 g/mol. The van der Waals surface area contributed by atoms with E-state index in [-0.39, 0.29) is 10.5 Å². The van der Waals surface area contributed by atoms with E-state index in [1.807, 2.05) is 13.8 Å². The monoisotopic (exact) mass is 327 g/mol. The van der Waals surface area contributed by atoms with Crippen LogP contribution in [0.5, 0.6) is 0 Å². The minimum absolute atomic E-state index is 0.149. The summed E-state index contributed by atoms with van der Waals surface area (Å²) in [5.41, 5.74) is 0. The van der Waals surface area contributed by atoms with E-state index in [4.69, 9.17) is 5.11 Å². The Balaban J connectivity index is 5.03. The number of rotatable bonds is 10. The van der Waals surface area contributed by atoms with E-state index in [1.54, 1.807) is 23.5 Å². The number of hydrogen-bond acceptors (Lipinski definition) is 7. The molecule has 20 heavy (non-hydrogen) atoms. The molecule has 4 atom stereocenters. The molecule has 0 aromatic heterocycles. The van der Waals surface area contributed by atoms with Crippen molar-refractivity contribution >= 4 is 29.4 Å². The average molecular weight is 327 g/mol. The number of aliphatic hydroxyl groups is 4. The Morgan fingerprint density at radius 3 is 1.95 bits per heavy atom. The Bertz CT molecular complexity index is 277. The Hall–Kier alpha value is 0.01000. The van der Waals surface area contributed by atoms with E-state index < -0.39 is 31.0 Å². The Morgan fingerprint density at radius 1 is 1.10 bits per heavy atom. The van der Waals surface area contributed by atoms with E-state index in [0.717, 1.165) is 11.5 Å². The van der Waals surface area contributed by atoms with Crippen molar-refractivity contribution in [2.24, 2.45) is 0 Å². The lowest BCUT2D eigenvalue weighted by Gasteiger charge is -2.34. The topological polar surface area (TPSA) is 110 Å². The molecule has 0 fully saturated rings. The smallest absolute Gasteiger partial charge is 0.217 e. The van der Waals surface area contributed by atoms with Crippen LogP contribution in [-0.2, 0) is 4.79 Å². The van der Waals surface area contributed by atoms with Crippen LogP contribution in [0, 0.1) is 0 Å². The van der Waals surface area contributed by atoms with Crippen LogP contribution >= 0.6 is 23.5 Å². The summed E-state index contributed by atoms with van der Waals surface area (Å²) in [4.78, 5) is 11.3. The number of carbonyl (C=O) groups is 1. The van der Waals surface area contributed by atoms with Gasteiger partial charge >= 0.3 is 0 Å². The lowest BCUT2D eigenvalue weighted by atomic mass is 10.0. The molecule has 0 aromatic carbocycles. The van der Waals surface area contributed by atoms with Crippen molar-refractivity contribution < 1.29 is 25.2 Å². The highest BCUT2D eigenvalue weighted by atomic mass is 32.2. The highest BCUT2D eigenvalue weighted by molar-refractivity contribution is 8.17. The van der Waals surface area contributed by atoms with Crippen LogP contribution < -0.4 is 5.32 Å². The van der Waals surface area contributed by atoms with Gasteiger partial charge in [0.05, 0.1) is 17.2 Å². The van der Waals surface area contributed by atoms with Crippen molar-refractivity contribution in [1.82, 2.24) is 5.32 Å². The maximum atomic E-state index is 11.3. The van der Waals surface area contributed by atoms with Crippen LogP contribution in [0.3, 0.4) is 0 Å². The number of carbonyl (C=O) groups excluding carboxylic acids is 1. The predicted octanol–water partition coefficient (Wildman–Crippen LogP) is -0.602. The molecule has 0 saturated heterocycles. The molecule has 0 aliphatic rings. The first-order chi connectivity index (χ1) is 9.38. The molecule has 120 valence electrons. The van der Waals surface area contributed by atoms with Crippen molar-refractivity contribution in [3.63, 3.8) is 0 Å². The fourth-order valence-corrected chi connectivity index (χ4v) is 4.41. The minimum atomic E-state index is -1.52. The van der Waals surface area contributed by atoms with Gasteiger partial charge < -0.3 is 25.7 Å². The summed E-state index contributed by atoms with van der Waals surface area (Å²) in [7, 11) is 0. The molecule has 0 unspecified atom stereocenters. The first kappa shape index (κ1) is 20.0. The summed E-state index contributed by atoms with van der Waals surface area (Å²) in [5.74, 6) is 1.26. The predicted molar refractivity (Wildman–Crippen MR) is 82.8 cm³/mol. The first-order valence-corrected chi connectivity index (χ1v) is 8.64. The van der Waals surface area contributed by atoms with Gasteiger partial charge in [0, 0.05) is 6.92 Å². The van der Waals surface area contributed by atoms with Crippen molar-refractivity contribution in [1.29, 1.82) is 0 Å². The highest BCUT2D eigenvalue weighted by Crippen LogP contribution is 2.29. The second-order valence-electron chi connectivity index (χ2n) is 4.24. The van der Waals surface area contributed by atoms with E-state index in [1.165, 1.54) is 6.92 Å². The van der Waals surface area contributed by atoms with Crippen molar-refractivity contribution in [2.75, 3.05) is 18.1 Å². The van der Waals surface area contributed by atoms with Gasteiger partial charge in [0.1, 0.15) is 18.3 Å². The van der Waals surface area contributed by atoms with Gasteiger partial charge in [-0.2, -0.15) is 0 Å². The van der Waals surface area contributed by atoms with Crippen LogP contribution in [0.4, 0.5) is 0 Å². The van der Waals surface area contributed by atoms with Crippen LogP contribution in [0.25, 0.3) is 0 Å². The zero-order valence-corrected chi connectivity index (χ0v) is 13.7. The van der Waals surface area contributed by atoms with Gasteiger partial charge in [-0.15, -0.1) is 23.5 Å². The van der Waals surface area contributed by atoms with Crippen LogP contribution in [0.1, 0.15) is 20.8 Å². The molecule has 0 rings (SSSR count). The molecule has 0 radical (unpaired) electrons. The van der Waals surface area contributed by atoms with Crippen molar-refractivity contribution in [2.45, 2.75) is 49.7 Å². The molecule has 0 spiro atoms. The second kappa shape index (κ2) is 10.7. The maximum Gasteiger partial charge on any atom is 0.217 e. The third-order valence-corrected chi connectivity index (χ3v) is 5.35. The molecule has 0 aliphatic carbocycles. The molecular formula is C12H25NO5S2. The summed E-state index contributed by atoms with van der Waals surface area (Å²) in [6.45, 7) is 4.60. The number of amides is 1. The maximum absolute atomic E-state index is 11.3. The SMILES string of the molecule is CCSC(SCC)[C@@H](NC(C)=O)[C@H](O)[C@H](O)[C@H](O)CO. The summed E-state index contributed by atoms with van der Waals surface area (Å²) in [6, 6.07) is -0.710. The third-order valence-electron chi connectivity index (χ3n) is 2.62. The van der Waals surface area contributed by atoms with E-state index >= 15 is 0 Å². The lowest BCUT2D eigenvalue weighted by Crippen LogP contribution is -2.55. The number of thioether (sulfide) groups is 2. The Morgan fingerprint density at radius 2 is 1.60 bits per heavy atom. The molecule has 6 nitrogen and oxygen atoms in total. The van der Waals surface area contributed by atoms with Crippen LogP contribution in [0.2, 0.25) is 0 Å². The summed E-state index contributed by atoms with van der Waals surface area (Å²) in [5, 5.41) is 40.9. The normalized spacial score (nSPS) is 17.6. The third kappa shape index (κ3) is 6.64. The molecule has 5 N–H and O–H groups in total. The quantitative estimate of drug-likeness (QED) is 0.341.